The molecule has 3 rings (SSSR count). The molecule has 1 heterocycles. The van der Waals surface area contributed by atoms with Crippen LogP contribution in [0.4, 0.5) is 8.78 Å². The van der Waals surface area contributed by atoms with Crippen molar-refractivity contribution in [3.8, 4) is 5.75 Å². The quantitative estimate of drug-likeness (QED) is 0.643. The first-order valence-corrected chi connectivity index (χ1v) is 8.97. The first kappa shape index (κ1) is 19.6. The van der Waals surface area contributed by atoms with E-state index in [1.54, 1.807) is 18.2 Å². The van der Waals surface area contributed by atoms with Gasteiger partial charge in [0.25, 0.3) is 5.91 Å². The van der Waals surface area contributed by atoms with Gasteiger partial charge in [-0.1, -0.05) is 48.5 Å². The molecule has 0 unspecified atom stereocenters. The smallest absolute Gasteiger partial charge is 0.387 e. The molecule has 3 aromatic rings. The highest BCUT2D eigenvalue weighted by molar-refractivity contribution is 5.95. The molecule has 4 nitrogen and oxygen atoms in total. The van der Waals surface area contributed by atoms with Gasteiger partial charge < -0.3 is 14.6 Å². The second-order valence-electron chi connectivity index (χ2n) is 6.53. The summed E-state index contributed by atoms with van der Waals surface area (Å²) in [6, 6.07) is 18.3. The van der Waals surface area contributed by atoms with Gasteiger partial charge >= 0.3 is 6.61 Å². The van der Waals surface area contributed by atoms with Crippen molar-refractivity contribution in [1.82, 2.24) is 9.88 Å². The van der Waals surface area contributed by atoms with E-state index in [2.05, 4.69) is 14.6 Å². The molecule has 1 aromatic heterocycles. The molecular weight excluding hydrogens is 362 g/mol. The summed E-state index contributed by atoms with van der Waals surface area (Å²) in [6.45, 7) is 1.73. The number of hydrogen-bond acceptors (Lipinski definition) is 2. The Morgan fingerprint density at radius 1 is 1.07 bits per heavy atom. The summed E-state index contributed by atoms with van der Waals surface area (Å²) in [7, 11) is 0. The van der Waals surface area contributed by atoms with Crippen molar-refractivity contribution in [3.63, 3.8) is 0 Å². The number of ether oxygens (including phenoxy) is 1. The molecule has 6 heteroatoms. The van der Waals surface area contributed by atoms with Crippen LogP contribution in [0.3, 0.4) is 0 Å². The van der Waals surface area contributed by atoms with Gasteiger partial charge in [0.1, 0.15) is 5.75 Å². The van der Waals surface area contributed by atoms with Crippen LogP contribution in [-0.4, -0.2) is 17.1 Å². The molecule has 0 aliphatic carbocycles. The third kappa shape index (κ3) is 4.57. The maximum Gasteiger partial charge on any atom is 0.387 e. The van der Waals surface area contributed by atoms with Crippen LogP contribution >= 0.6 is 0 Å². The lowest BCUT2D eigenvalue weighted by Crippen LogP contribution is -2.24. The number of alkyl halides is 2. The number of carbonyl (C=O) groups is 1. The van der Waals surface area contributed by atoms with Gasteiger partial charge in [0, 0.05) is 30.0 Å². The fraction of sp³-hybridized carbons (Fsp3) is 0.227. The molecule has 0 fully saturated rings. The highest BCUT2D eigenvalue weighted by atomic mass is 19.3. The van der Waals surface area contributed by atoms with Gasteiger partial charge in [-0.15, -0.1) is 0 Å². The van der Waals surface area contributed by atoms with Gasteiger partial charge in [0.2, 0.25) is 0 Å². The van der Waals surface area contributed by atoms with E-state index >= 15 is 0 Å². The number of nitrogens with one attached hydrogen (secondary N) is 1. The van der Waals surface area contributed by atoms with E-state index < -0.39 is 6.61 Å². The average molecular weight is 384 g/mol. The first-order chi connectivity index (χ1) is 13.5. The lowest BCUT2D eigenvalue weighted by molar-refractivity contribution is -0.0504. The Bertz CT molecular complexity index is 952. The number of nitrogens with zero attached hydrogens (tertiary/aromatic N) is 1. The van der Waals surface area contributed by atoms with E-state index in [4.69, 9.17) is 0 Å². The zero-order valence-electron chi connectivity index (χ0n) is 15.8. The fourth-order valence-electron chi connectivity index (χ4n) is 3.17. The Balaban J connectivity index is 1.73. The first-order valence-electron chi connectivity index (χ1n) is 8.97. The van der Waals surface area contributed by atoms with Crippen molar-refractivity contribution < 1.29 is 18.3 Å². The fourth-order valence-corrected chi connectivity index (χ4v) is 3.17. The van der Waals surface area contributed by atoms with Crippen LogP contribution in [0, 0.1) is 13.8 Å². The third-order valence-corrected chi connectivity index (χ3v) is 4.63. The summed E-state index contributed by atoms with van der Waals surface area (Å²) >= 11 is 0. The second kappa shape index (κ2) is 8.69. The van der Waals surface area contributed by atoms with Crippen molar-refractivity contribution in [2.24, 2.45) is 0 Å². The Labute approximate surface area is 162 Å². The molecule has 0 atom stereocenters. The molecule has 28 heavy (non-hydrogen) atoms. The van der Waals surface area contributed by atoms with Gasteiger partial charge in [-0.25, -0.2) is 0 Å². The number of para-hydroxylation sites is 1. The Hall–Kier alpha value is -3.15. The van der Waals surface area contributed by atoms with Gasteiger partial charge in [-0.05, 0) is 31.5 Å². The molecule has 1 N–H and O–H groups in total. The van der Waals surface area contributed by atoms with Crippen LogP contribution in [0.25, 0.3) is 0 Å². The monoisotopic (exact) mass is 384 g/mol. The molecule has 0 aliphatic rings. The summed E-state index contributed by atoms with van der Waals surface area (Å²) < 4.78 is 31.7. The maximum atomic E-state index is 12.7. The topological polar surface area (TPSA) is 43.3 Å². The standard InChI is InChI=1S/C22H22F2N2O2/c1-15-12-19(16(2)26(15)14-17-8-4-3-5-9-17)21(27)25-13-18-10-6-7-11-20(18)28-22(23)24/h3-12,22H,13-14H2,1-2H3,(H,25,27). The van der Waals surface area contributed by atoms with Gasteiger partial charge in [-0.2, -0.15) is 8.78 Å². The van der Waals surface area contributed by atoms with Gasteiger partial charge in [0.05, 0.1) is 5.56 Å². The van der Waals surface area contributed by atoms with Crippen LogP contribution < -0.4 is 10.1 Å². The lowest BCUT2D eigenvalue weighted by Gasteiger charge is -2.12. The third-order valence-electron chi connectivity index (χ3n) is 4.63. The largest absolute Gasteiger partial charge is 0.434 e. The summed E-state index contributed by atoms with van der Waals surface area (Å²) in [5.74, 6) is -0.188. The van der Waals surface area contributed by atoms with E-state index in [-0.39, 0.29) is 18.2 Å². The summed E-state index contributed by atoms with van der Waals surface area (Å²) in [5.41, 5.74) is 4.05. The van der Waals surface area contributed by atoms with Crippen LogP contribution in [-0.2, 0) is 13.1 Å². The average Bonchev–Trinajstić information content (AvgIpc) is 2.96. The van der Waals surface area contributed by atoms with Crippen LogP contribution in [0.1, 0.15) is 32.9 Å². The van der Waals surface area contributed by atoms with Gasteiger partial charge in [0.15, 0.2) is 0 Å². The predicted molar refractivity (Wildman–Crippen MR) is 104 cm³/mol. The SMILES string of the molecule is Cc1cc(C(=O)NCc2ccccc2OC(F)F)c(C)n1Cc1ccccc1. The summed E-state index contributed by atoms with van der Waals surface area (Å²) in [6.07, 6.45) is 0. The van der Waals surface area contributed by atoms with E-state index in [0.717, 1.165) is 17.0 Å². The van der Waals surface area contributed by atoms with Gasteiger partial charge in [-0.3, -0.25) is 4.79 Å². The number of rotatable bonds is 7. The van der Waals surface area contributed by atoms with E-state index in [1.165, 1.54) is 6.07 Å². The molecule has 1 amide bonds. The van der Waals surface area contributed by atoms with E-state index in [1.807, 2.05) is 50.2 Å². The van der Waals surface area contributed by atoms with Crippen LogP contribution in [0.2, 0.25) is 0 Å². The van der Waals surface area contributed by atoms with E-state index in [9.17, 15) is 13.6 Å². The van der Waals surface area contributed by atoms with Crippen molar-refractivity contribution in [2.75, 3.05) is 0 Å². The molecular formula is C22H22F2N2O2. The zero-order chi connectivity index (χ0) is 20.1. The molecule has 146 valence electrons. The molecule has 0 saturated heterocycles. The minimum Gasteiger partial charge on any atom is -0.434 e. The predicted octanol–water partition coefficient (Wildman–Crippen LogP) is 4.68. The Kier molecular flexibility index (Phi) is 6.09. The number of hydrogen-bond donors (Lipinski definition) is 1. The van der Waals surface area contributed by atoms with E-state index in [0.29, 0.717) is 17.7 Å². The van der Waals surface area contributed by atoms with Crippen molar-refractivity contribution in [1.29, 1.82) is 0 Å². The number of carbonyl (C=O) groups excluding carboxylic acids is 1. The Morgan fingerprint density at radius 2 is 1.75 bits per heavy atom. The molecule has 0 bridgehead atoms. The number of amides is 1. The van der Waals surface area contributed by atoms with Crippen LogP contribution in [0.15, 0.2) is 60.7 Å². The Morgan fingerprint density at radius 3 is 2.46 bits per heavy atom. The highest BCUT2D eigenvalue weighted by Crippen LogP contribution is 2.21. The summed E-state index contributed by atoms with van der Waals surface area (Å²) in [4.78, 5) is 12.7. The maximum absolute atomic E-state index is 12.7. The number of halogens is 2. The van der Waals surface area contributed by atoms with Crippen molar-refractivity contribution in [3.05, 3.63) is 88.7 Å². The number of benzene rings is 2. The van der Waals surface area contributed by atoms with Crippen LogP contribution in [0.5, 0.6) is 5.75 Å². The summed E-state index contributed by atoms with van der Waals surface area (Å²) in [5, 5.41) is 2.80. The number of aromatic nitrogens is 1. The molecule has 0 radical (unpaired) electrons. The zero-order valence-corrected chi connectivity index (χ0v) is 15.8. The second-order valence-corrected chi connectivity index (χ2v) is 6.53. The molecule has 0 aliphatic heterocycles. The normalized spacial score (nSPS) is 10.9. The molecule has 2 aromatic carbocycles. The van der Waals surface area contributed by atoms with Crippen molar-refractivity contribution >= 4 is 5.91 Å². The van der Waals surface area contributed by atoms with Crippen molar-refractivity contribution in [2.45, 2.75) is 33.5 Å². The lowest BCUT2D eigenvalue weighted by atomic mass is 10.2. The number of aryl methyl sites for hydroxylation is 1. The molecule has 0 spiro atoms. The minimum atomic E-state index is -2.91. The highest BCUT2D eigenvalue weighted by Gasteiger charge is 2.17. The minimum absolute atomic E-state index is 0.0624. The molecule has 0 saturated carbocycles.